The fourth-order valence-corrected chi connectivity index (χ4v) is 4.69. The van der Waals surface area contributed by atoms with Gasteiger partial charge in [-0.05, 0) is 12.1 Å². The number of hydrogen-bond acceptors (Lipinski definition) is 6. The molecule has 1 saturated heterocycles. The van der Waals surface area contributed by atoms with Crippen LogP contribution in [-0.2, 0) is 19.6 Å². The van der Waals surface area contributed by atoms with Crippen molar-refractivity contribution >= 4 is 38.3 Å². The van der Waals surface area contributed by atoms with Gasteiger partial charge in [0.2, 0.25) is 21.8 Å². The number of carbonyl (C=O) groups excluding carboxylic acids is 2. The maximum absolute atomic E-state index is 12.8. The zero-order chi connectivity index (χ0) is 17.9. The van der Waals surface area contributed by atoms with Gasteiger partial charge in [0.25, 0.3) is 0 Å². The van der Waals surface area contributed by atoms with Gasteiger partial charge in [0.05, 0.1) is 11.3 Å². The van der Waals surface area contributed by atoms with E-state index in [0.717, 1.165) is 4.31 Å². The minimum atomic E-state index is -3.87. The topological polar surface area (TPSA) is 108 Å². The quantitative estimate of drug-likeness (QED) is 0.792. The van der Waals surface area contributed by atoms with Crippen LogP contribution in [0.25, 0.3) is 0 Å². The third kappa shape index (κ3) is 3.86. The van der Waals surface area contributed by atoms with Gasteiger partial charge < -0.3 is 10.6 Å². The number of amides is 2. The maximum Gasteiger partial charge on any atom is 0.243 e. The summed E-state index contributed by atoms with van der Waals surface area (Å²) < 4.78 is 26.8. The number of rotatable bonds is 5. The second kappa shape index (κ2) is 7.30. The maximum atomic E-state index is 12.8. The van der Waals surface area contributed by atoms with Crippen LogP contribution in [0, 0.1) is 0 Å². The van der Waals surface area contributed by atoms with Crippen LogP contribution < -0.4 is 10.6 Å². The third-order valence-corrected chi connectivity index (χ3v) is 6.30. The number of anilines is 1. The second-order valence-electron chi connectivity index (χ2n) is 5.33. The lowest BCUT2D eigenvalue weighted by atomic mass is 10.1. The van der Waals surface area contributed by atoms with Gasteiger partial charge in [-0.25, -0.2) is 13.4 Å². The summed E-state index contributed by atoms with van der Waals surface area (Å²) in [4.78, 5) is 28.4. The van der Waals surface area contributed by atoms with Crippen LogP contribution in [-0.4, -0.2) is 48.7 Å². The van der Waals surface area contributed by atoms with Crippen LogP contribution in [0.5, 0.6) is 0 Å². The van der Waals surface area contributed by atoms with Crippen LogP contribution in [0.4, 0.5) is 5.13 Å². The van der Waals surface area contributed by atoms with Crippen molar-refractivity contribution in [3.63, 3.8) is 0 Å². The van der Waals surface area contributed by atoms with E-state index >= 15 is 0 Å². The third-order valence-electron chi connectivity index (χ3n) is 3.69. The van der Waals surface area contributed by atoms with Gasteiger partial charge in [-0.15, -0.1) is 11.3 Å². The van der Waals surface area contributed by atoms with Gasteiger partial charge in [0, 0.05) is 24.7 Å². The van der Waals surface area contributed by atoms with Crippen LogP contribution in [0.15, 0.2) is 46.8 Å². The molecule has 1 aromatic heterocycles. The fourth-order valence-electron chi connectivity index (χ4n) is 2.53. The highest BCUT2D eigenvalue weighted by Gasteiger charge is 2.39. The number of piperazine rings is 1. The molecule has 0 aliphatic carbocycles. The average Bonchev–Trinajstić information content (AvgIpc) is 3.10. The van der Waals surface area contributed by atoms with Crippen molar-refractivity contribution in [3.05, 3.63) is 41.9 Å². The van der Waals surface area contributed by atoms with Crippen molar-refractivity contribution in [3.8, 4) is 0 Å². The highest BCUT2D eigenvalue weighted by Crippen LogP contribution is 2.22. The molecule has 132 valence electrons. The summed E-state index contributed by atoms with van der Waals surface area (Å²) in [5.41, 5.74) is 0. The van der Waals surface area contributed by atoms with E-state index in [1.54, 1.807) is 29.8 Å². The minimum absolute atomic E-state index is 0.0926. The monoisotopic (exact) mass is 380 g/mol. The lowest BCUT2D eigenvalue weighted by Gasteiger charge is -2.33. The normalized spacial score (nSPS) is 18.6. The highest BCUT2D eigenvalue weighted by molar-refractivity contribution is 7.89. The number of hydrogen-bond donors (Lipinski definition) is 2. The molecule has 3 rings (SSSR count). The van der Waals surface area contributed by atoms with Gasteiger partial charge in [-0.2, -0.15) is 4.31 Å². The smallest absolute Gasteiger partial charge is 0.243 e. The molecule has 2 amide bonds. The van der Waals surface area contributed by atoms with Gasteiger partial charge >= 0.3 is 0 Å². The lowest BCUT2D eigenvalue weighted by Crippen LogP contribution is -2.57. The highest BCUT2D eigenvalue weighted by atomic mass is 32.2. The zero-order valence-electron chi connectivity index (χ0n) is 13.1. The number of aromatic nitrogens is 1. The van der Waals surface area contributed by atoms with Crippen molar-refractivity contribution in [2.75, 3.05) is 18.4 Å². The molecule has 0 saturated carbocycles. The molecule has 10 heteroatoms. The Morgan fingerprint density at radius 3 is 2.80 bits per heavy atom. The molecule has 1 aliphatic rings. The predicted molar refractivity (Wildman–Crippen MR) is 92.5 cm³/mol. The van der Waals surface area contributed by atoms with Crippen molar-refractivity contribution in [1.82, 2.24) is 14.6 Å². The summed E-state index contributed by atoms with van der Waals surface area (Å²) in [5, 5.41) is 7.29. The van der Waals surface area contributed by atoms with Gasteiger partial charge in [0.1, 0.15) is 6.04 Å². The van der Waals surface area contributed by atoms with Gasteiger partial charge in [-0.1, -0.05) is 18.2 Å². The lowest BCUT2D eigenvalue weighted by molar-refractivity contribution is -0.130. The number of thiazole rings is 1. The molecule has 2 heterocycles. The Balaban J connectivity index is 1.81. The first kappa shape index (κ1) is 17.5. The van der Waals surface area contributed by atoms with Crippen molar-refractivity contribution < 1.29 is 18.0 Å². The largest absolute Gasteiger partial charge is 0.353 e. The second-order valence-corrected chi connectivity index (χ2v) is 8.11. The molecule has 0 radical (unpaired) electrons. The molecule has 2 aromatic rings. The summed E-state index contributed by atoms with van der Waals surface area (Å²) in [5.74, 6) is -0.953. The Morgan fingerprint density at radius 2 is 2.12 bits per heavy atom. The molecule has 1 atom stereocenters. The van der Waals surface area contributed by atoms with E-state index in [4.69, 9.17) is 0 Å². The Bertz CT molecular complexity index is 853. The van der Waals surface area contributed by atoms with Gasteiger partial charge in [0.15, 0.2) is 5.13 Å². The number of nitrogens with zero attached hydrogens (tertiary/aromatic N) is 2. The van der Waals surface area contributed by atoms with Crippen molar-refractivity contribution in [2.24, 2.45) is 0 Å². The van der Waals surface area contributed by atoms with Crippen LogP contribution in [0.2, 0.25) is 0 Å². The van der Waals surface area contributed by atoms with Crippen LogP contribution in [0.3, 0.4) is 0 Å². The standard InChI is InChI=1S/C15H16N4O4S2/c20-13(18-15-17-7-9-24-15)10-12-14(21)16-6-8-19(12)25(22,23)11-4-2-1-3-5-11/h1-5,7,9,12H,6,8,10H2,(H,16,21)(H,17,18,20)/t12-/m1/s1. The van der Waals surface area contributed by atoms with E-state index in [9.17, 15) is 18.0 Å². The van der Waals surface area contributed by atoms with E-state index in [-0.39, 0.29) is 24.4 Å². The summed E-state index contributed by atoms with van der Waals surface area (Å²) in [6, 6.07) is 6.77. The number of sulfonamides is 1. The number of carbonyl (C=O) groups is 2. The SMILES string of the molecule is O=C(C[C@@H]1C(=O)NCCN1S(=O)(=O)c1ccccc1)Nc1nccs1. The Kier molecular flexibility index (Phi) is 5.11. The molecule has 1 aliphatic heterocycles. The summed E-state index contributed by atoms with van der Waals surface area (Å²) >= 11 is 1.24. The molecule has 0 unspecified atom stereocenters. The number of nitrogens with one attached hydrogen (secondary N) is 2. The Hall–Kier alpha value is -2.30. The van der Waals surface area contributed by atoms with Crippen molar-refractivity contribution in [2.45, 2.75) is 17.4 Å². The Morgan fingerprint density at radius 1 is 1.36 bits per heavy atom. The molecular formula is C15H16N4O4S2. The fraction of sp³-hybridized carbons (Fsp3) is 0.267. The first-order valence-corrected chi connectivity index (χ1v) is 9.84. The van der Waals surface area contributed by atoms with E-state index in [1.165, 1.54) is 23.5 Å². The molecule has 25 heavy (non-hydrogen) atoms. The van der Waals surface area contributed by atoms with Crippen molar-refractivity contribution in [1.29, 1.82) is 0 Å². The van der Waals surface area contributed by atoms with E-state index in [0.29, 0.717) is 5.13 Å². The average molecular weight is 380 g/mol. The van der Waals surface area contributed by atoms with Crippen LogP contribution in [0.1, 0.15) is 6.42 Å². The van der Waals surface area contributed by atoms with Gasteiger partial charge in [-0.3, -0.25) is 9.59 Å². The molecule has 2 N–H and O–H groups in total. The molecule has 0 bridgehead atoms. The van der Waals surface area contributed by atoms with Crippen LogP contribution >= 0.6 is 11.3 Å². The number of benzene rings is 1. The molecule has 1 fully saturated rings. The first-order chi connectivity index (χ1) is 12.0. The molecule has 0 spiro atoms. The zero-order valence-corrected chi connectivity index (χ0v) is 14.7. The summed E-state index contributed by atoms with van der Waals surface area (Å²) in [7, 11) is -3.87. The predicted octanol–water partition coefficient (Wildman–Crippen LogP) is 0.661. The van der Waals surface area contributed by atoms with E-state index < -0.39 is 27.9 Å². The molecule has 1 aromatic carbocycles. The summed E-state index contributed by atoms with van der Waals surface area (Å²) in [6.45, 7) is 0.313. The summed E-state index contributed by atoms with van der Waals surface area (Å²) in [6.07, 6.45) is 1.26. The van der Waals surface area contributed by atoms with E-state index in [2.05, 4.69) is 15.6 Å². The first-order valence-electron chi connectivity index (χ1n) is 7.52. The van der Waals surface area contributed by atoms with E-state index in [1.807, 2.05) is 0 Å². The molecule has 8 nitrogen and oxygen atoms in total. The minimum Gasteiger partial charge on any atom is -0.353 e. The Labute approximate surface area is 148 Å². The molecular weight excluding hydrogens is 364 g/mol.